The smallest absolute Gasteiger partial charge is 0.227 e. The molecular weight excluding hydrogens is 358 g/mol. The number of carbonyl (C=O) groups is 2. The summed E-state index contributed by atoms with van der Waals surface area (Å²) in [6.45, 7) is 1.63. The number of likely N-dealkylation sites (tertiary alicyclic amines) is 1. The number of halogens is 1. The molecule has 1 aliphatic heterocycles. The number of amides is 2. The van der Waals surface area contributed by atoms with E-state index in [0.29, 0.717) is 25.9 Å². The Morgan fingerprint density at radius 1 is 1.30 bits per heavy atom. The summed E-state index contributed by atoms with van der Waals surface area (Å²) in [5.74, 6) is 0.0750. The summed E-state index contributed by atoms with van der Waals surface area (Å²) < 4.78 is 0.957. The van der Waals surface area contributed by atoms with E-state index in [9.17, 15) is 9.59 Å². The molecule has 0 saturated carbocycles. The first-order chi connectivity index (χ1) is 11.1. The van der Waals surface area contributed by atoms with Gasteiger partial charge in [0.25, 0.3) is 0 Å². The highest BCUT2D eigenvalue weighted by Gasteiger charge is 2.27. The lowest BCUT2D eigenvalue weighted by Crippen LogP contribution is -2.50. The van der Waals surface area contributed by atoms with Crippen LogP contribution in [-0.4, -0.2) is 42.4 Å². The van der Waals surface area contributed by atoms with Crippen LogP contribution in [0, 0.1) is 0 Å². The molecule has 0 aliphatic carbocycles. The number of benzene rings is 1. The fourth-order valence-corrected chi connectivity index (χ4v) is 3.32. The topological polar surface area (TPSA) is 75.4 Å². The summed E-state index contributed by atoms with van der Waals surface area (Å²) in [7, 11) is 0. The Morgan fingerprint density at radius 3 is 2.83 bits per heavy atom. The van der Waals surface area contributed by atoms with Gasteiger partial charge in [0.2, 0.25) is 11.8 Å². The molecule has 1 aliphatic rings. The Morgan fingerprint density at radius 2 is 2.09 bits per heavy atom. The molecule has 0 spiro atoms. The first-order valence-electron chi connectivity index (χ1n) is 8.11. The highest BCUT2D eigenvalue weighted by Crippen LogP contribution is 2.21. The zero-order valence-corrected chi connectivity index (χ0v) is 14.8. The second kappa shape index (κ2) is 9.03. The molecule has 1 heterocycles. The fourth-order valence-electron chi connectivity index (χ4n) is 2.90. The summed E-state index contributed by atoms with van der Waals surface area (Å²) in [6, 6.07) is 7.87. The standard InChI is InChI=1S/C17H24BrN3O2/c18-15-7-2-1-5-13(15)11-17(23)21-10-4-3-6-14(21)12-20-16(22)8-9-19/h1-2,5,7,14H,3-4,6,8-12,19H2,(H,20,22). The van der Waals surface area contributed by atoms with Crippen LogP contribution in [0.5, 0.6) is 0 Å². The molecule has 2 rings (SSSR count). The molecular formula is C17H24BrN3O2. The van der Waals surface area contributed by atoms with Crippen LogP contribution in [0.15, 0.2) is 28.7 Å². The Kier molecular flexibility index (Phi) is 7.05. The summed E-state index contributed by atoms with van der Waals surface area (Å²) in [6.07, 6.45) is 3.77. The summed E-state index contributed by atoms with van der Waals surface area (Å²) >= 11 is 3.49. The molecule has 23 heavy (non-hydrogen) atoms. The molecule has 0 aromatic heterocycles. The molecule has 1 saturated heterocycles. The van der Waals surface area contributed by atoms with Crippen molar-refractivity contribution in [1.29, 1.82) is 0 Å². The third-order valence-electron chi connectivity index (χ3n) is 4.15. The van der Waals surface area contributed by atoms with Crippen LogP contribution >= 0.6 is 15.9 Å². The molecule has 1 atom stereocenters. The molecule has 5 nitrogen and oxygen atoms in total. The minimum atomic E-state index is -0.0451. The lowest BCUT2D eigenvalue weighted by atomic mass is 10.0. The normalized spacial score (nSPS) is 17.8. The quantitative estimate of drug-likeness (QED) is 0.789. The molecule has 126 valence electrons. The zero-order chi connectivity index (χ0) is 16.7. The number of rotatable bonds is 6. The molecule has 3 N–H and O–H groups in total. The molecule has 0 radical (unpaired) electrons. The lowest BCUT2D eigenvalue weighted by Gasteiger charge is -2.36. The van der Waals surface area contributed by atoms with E-state index in [2.05, 4.69) is 21.2 Å². The maximum Gasteiger partial charge on any atom is 0.227 e. The zero-order valence-electron chi connectivity index (χ0n) is 13.3. The van der Waals surface area contributed by atoms with Crippen LogP contribution in [-0.2, 0) is 16.0 Å². The van der Waals surface area contributed by atoms with Gasteiger partial charge in [0.15, 0.2) is 0 Å². The molecule has 1 unspecified atom stereocenters. The number of carbonyl (C=O) groups excluding carboxylic acids is 2. The Hall–Kier alpha value is -1.40. The second-order valence-corrected chi connectivity index (χ2v) is 6.70. The van der Waals surface area contributed by atoms with E-state index in [1.807, 2.05) is 29.2 Å². The van der Waals surface area contributed by atoms with Gasteiger partial charge in [-0.15, -0.1) is 0 Å². The predicted molar refractivity (Wildman–Crippen MR) is 93.9 cm³/mol. The largest absolute Gasteiger partial charge is 0.354 e. The van der Waals surface area contributed by atoms with Gasteiger partial charge in [0.1, 0.15) is 0 Å². The van der Waals surface area contributed by atoms with Crippen LogP contribution in [0.2, 0.25) is 0 Å². The van der Waals surface area contributed by atoms with E-state index in [1.54, 1.807) is 0 Å². The predicted octanol–water partition coefficient (Wildman–Crippen LogP) is 1.84. The van der Waals surface area contributed by atoms with Gasteiger partial charge in [0, 0.05) is 36.6 Å². The van der Waals surface area contributed by atoms with Crippen molar-refractivity contribution in [3.63, 3.8) is 0 Å². The molecule has 1 aromatic rings. The van der Waals surface area contributed by atoms with E-state index in [0.717, 1.165) is 35.8 Å². The van der Waals surface area contributed by atoms with Crippen LogP contribution < -0.4 is 11.1 Å². The maximum absolute atomic E-state index is 12.7. The highest BCUT2D eigenvalue weighted by atomic mass is 79.9. The van der Waals surface area contributed by atoms with E-state index in [4.69, 9.17) is 5.73 Å². The van der Waals surface area contributed by atoms with E-state index >= 15 is 0 Å². The van der Waals surface area contributed by atoms with E-state index < -0.39 is 0 Å². The first-order valence-corrected chi connectivity index (χ1v) is 8.90. The minimum absolute atomic E-state index is 0.0451. The van der Waals surface area contributed by atoms with Crippen LogP contribution in [0.3, 0.4) is 0 Å². The average Bonchev–Trinajstić information content (AvgIpc) is 2.55. The van der Waals surface area contributed by atoms with Gasteiger partial charge in [-0.2, -0.15) is 0 Å². The van der Waals surface area contributed by atoms with Crippen molar-refractivity contribution < 1.29 is 9.59 Å². The van der Waals surface area contributed by atoms with Gasteiger partial charge in [-0.1, -0.05) is 34.1 Å². The van der Waals surface area contributed by atoms with Crippen LogP contribution in [0.1, 0.15) is 31.2 Å². The van der Waals surface area contributed by atoms with Gasteiger partial charge in [0.05, 0.1) is 6.42 Å². The second-order valence-electron chi connectivity index (χ2n) is 5.85. The lowest BCUT2D eigenvalue weighted by molar-refractivity contribution is -0.134. The number of hydrogen-bond donors (Lipinski definition) is 2. The van der Waals surface area contributed by atoms with Crippen LogP contribution in [0.25, 0.3) is 0 Å². The fraction of sp³-hybridized carbons (Fsp3) is 0.529. The Bertz CT molecular complexity index is 550. The SMILES string of the molecule is NCCC(=O)NCC1CCCCN1C(=O)Cc1ccccc1Br. The van der Waals surface area contributed by atoms with Gasteiger partial charge in [-0.05, 0) is 30.9 Å². The van der Waals surface area contributed by atoms with Gasteiger partial charge >= 0.3 is 0 Å². The van der Waals surface area contributed by atoms with Crippen molar-refractivity contribution in [3.05, 3.63) is 34.3 Å². The Labute approximate surface area is 145 Å². The molecule has 0 bridgehead atoms. The number of nitrogens with zero attached hydrogens (tertiary/aromatic N) is 1. The monoisotopic (exact) mass is 381 g/mol. The van der Waals surface area contributed by atoms with Crippen molar-refractivity contribution in [1.82, 2.24) is 10.2 Å². The summed E-state index contributed by atoms with van der Waals surface area (Å²) in [5, 5.41) is 2.89. The van der Waals surface area contributed by atoms with E-state index in [-0.39, 0.29) is 17.9 Å². The summed E-state index contributed by atoms with van der Waals surface area (Å²) in [4.78, 5) is 26.2. The number of nitrogens with two attached hydrogens (primary N) is 1. The maximum atomic E-state index is 12.7. The summed E-state index contributed by atoms with van der Waals surface area (Å²) in [5.41, 5.74) is 6.38. The van der Waals surface area contributed by atoms with Crippen molar-refractivity contribution in [2.75, 3.05) is 19.6 Å². The van der Waals surface area contributed by atoms with Gasteiger partial charge in [-0.3, -0.25) is 9.59 Å². The van der Waals surface area contributed by atoms with Crippen molar-refractivity contribution >= 4 is 27.7 Å². The van der Waals surface area contributed by atoms with Crippen molar-refractivity contribution in [2.45, 2.75) is 38.1 Å². The van der Waals surface area contributed by atoms with Gasteiger partial charge < -0.3 is 16.0 Å². The third kappa shape index (κ3) is 5.32. The average molecular weight is 382 g/mol. The van der Waals surface area contributed by atoms with Crippen molar-refractivity contribution in [2.24, 2.45) is 5.73 Å². The highest BCUT2D eigenvalue weighted by molar-refractivity contribution is 9.10. The third-order valence-corrected chi connectivity index (χ3v) is 4.93. The number of piperidine rings is 1. The van der Waals surface area contributed by atoms with Gasteiger partial charge in [-0.25, -0.2) is 0 Å². The molecule has 1 fully saturated rings. The minimum Gasteiger partial charge on any atom is -0.354 e. The Balaban J connectivity index is 1.95. The number of hydrogen-bond acceptors (Lipinski definition) is 3. The first kappa shape index (κ1) is 17.9. The molecule has 6 heteroatoms. The number of nitrogens with one attached hydrogen (secondary N) is 1. The van der Waals surface area contributed by atoms with Crippen molar-refractivity contribution in [3.8, 4) is 0 Å². The molecule has 2 amide bonds. The molecule has 1 aromatic carbocycles. The van der Waals surface area contributed by atoms with Crippen LogP contribution in [0.4, 0.5) is 0 Å². The van der Waals surface area contributed by atoms with E-state index in [1.165, 1.54) is 0 Å².